The molecule has 6 heterocycles. The summed E-state index contributed by atoms with van der Waals surface area (Å²) in [5.41, 5.74) is 5.20. The van der Waals surface area contributed by atoms with Gasteiger partial charge in [-0.3, -0.25) is 9.36 Å². The lowest BCUT2D eigenvalue weighted by atomic mass is 10.1. The molecular weight excluding hydrogens is 513 g/mol. The smallest absolute Gasteiger partial charge is 0.273 e. The first-order valence-electron chi connectivity index (χ1n) is 13.0. The number of nitrogens with one attached hydrogen (secondary N) is 1. The van der Waals surface area contributed by atoms with E-state index >= 15 is 0 Å². The summed E-state index contributed by atoms with van der Waals surface area (Å²) in [6.07, 6.45) is 11.3. The molecule has 1 amide bonds. The minimum atomic E-state index is -0.426. The van der Waals surface area contributed by atoms with Crippen LogP contribution in [0.5, 0.6) is 0 Å². The number of imidazole rings is 2. The number of amides is 1. The average molecular weight is 540 g/mol. The van der Waals surface area contributed by atoms with E-state index in [2.05, 4.69) is 43.1 Å². The van der Waals surface area contributed by atoms with E-state index in [1.807, 2.05) is 29.0 Å². The van der Waals surface area contributed by atoms with E-state index in [0.29, 0.717) is 29.2 Å². The van der Waals surface area contributed by atoms with Crippen LogP contribution in [-0.2, 0) is 13.1 Å². The summed E-state index contributed by atoms with van der Waals surface area (Å²) in [6, 6.07) is 3.86. The number of carbonyl (C=O) groups excluding carboxylic acids is 1. The Labute approximate surface area is 227 Å². The molecule has 6 aromatic rings. The van der Waals surface area contributed by atoms with Crippen LogP contribution in [0, 0.1) is 26.6 Å². The van der Waals surface area contributed by atoms with Gasteiger partial charge in [-0.05, 0) is 62.8 Å². The van der Waals surface area contributed by atoms with Gasteiger partial charge in [0.15, 0.2) is 17.2 Å². The minimum absolute atomic E-state index is 0.0586. The zero-order valence-corrected chi connectivity index (χ0v) is 22.2. The van der Waals surface area contributed by atoms with E-state index in [-0.39, 0.29) is 18.1 Å². The predicted octanol–water partition coefficient (Wildman–Crippen LogP) is 3.07. The molecule has 202 valence electrons. The fraction of sp³-hybridized carbons (Fsp3) is 0.296. The van der Waals surface area contributed by atoms with Crippen LogP contribution in [0.2, 0.25) is 0 Å². The molecule has 0 spiro atoms. The maximum atomic E-state index is 14.6. The number of aromatic nitrogens is 10. The molecule has 12 nitrogen and oxygen atoms in total. The summed E-state index contributed by atoms with van der Waals surface area (Å²) >= 11 is 0. The molecule has 0 aromatic carbocycles. The van der Waals surface area contributed by atoms with E-state index in [1.54, 1.807) is 34.5 Å². The van der Waals surface area contributed by atoms with Crippen molar-refractivity contribution in [1.29, 1.82) is 0 Å². The molecule has 1 aliphatic carbocycles. The second-order valence-electron chi connectivity index (χ2n) is 10.3. The van der Waals surface area contributed by atoms with E-state index in [1.165, 1.54) is 24.7 Å². The van der Waals surface area contributed by atoms with Crippen LogP contribution in [0.4, 0.5) is 4.39 Å². The summed E-state index contributed by atoms with van der Waals surface area (Å²) < 4.78 is 21.8. The number of hydrogen-bond acceptors (Lipinski definition) is 7. The molecule has 0 saturated heterocycles. The molecule has 6 aromatic heterocycles. The maximum absolute atomic E-state index is 14.6. The lowest BCUT2D eigenvalue weighted by molar-refractivity contribution is 0.0945. The zero-order valence-electron chi connectivity index (χ0n) is 22.2. The van der Waals surface area contributed by atoms with Gasteiger partial charge in [-0.15, -0.1) is 15.3 Å². The van der Waals surface area contributed by atoms with Crippen molar-refractivity contribution in [1.82, 2.24) is 53.8 Å². The lowest BCUT2D eigenvalue weighted by Crippen LogP contribution is -2.23. The molecule has 40 heavy (non-hydrogen) atoms. The Kier molecular flexibility index (Phi) is 5.47. The highest BCUT2D eigenvalue weighted by Crippen LogP contribution is 2.41. The highest BCUT2D eigenvalue weighted by atomic mass is 19.1. The molecule has 13 heteroatoms. The molecule has 1 aliphatic rings. The van der Waals surface area contributed by atoms with Gasteiger partial charge in [0.2, 0.25) is 0 Å². The van der Waals surface area contributed by atoms with Gasteiger partial charge in [0.1, 0.15) is 17.2 Å². The number of carbonyl (C=O) groups is 1. The normalized spacial score (nSPS) is 13.5. The standard InChI is InChI=1S/C27H26FN11O/c1-15-6-7-36-14-30-21(25(36)24(15)28)9-29-27(40)22-13-38(35-34-22)12-20-11-37-10-19(18-4-5-18)8-23(26(37)31-20)39-16(2)32-33-17(39)3/h6-8,10-11,13-14,18H,4-5,9,12H2,1-3H3,(H,29,40). The van der Waals surface area contributed by atoms with Crippen molar-refractivity contribution in [3.05, 3.63) is 88.9 Å². The van der Waals surface area contributed by atoms with Crippen molar-refractivity contribution < 1.29 is 9.18 Å². The summed E-state index contributed by atoms with van der Waals surface area (Å²) in [5, 5.41) is 19.4. The Morgan fingerprint density at radius 3 is 2.65 bits per heavy atom. The summed E-state index contributed by atoms with van der Waals surface area (Å²) in [7, 11) is 0. The first kappa shape index (κ1) is 24.1. The van der Waals surface area contributed by atoms with Crippen molar-refractivity contribution in [3.8, 4) is 5.69 Å². The van der Waals surface area contributed by atoms with E-state index in [0.717, 1.165) is 28.7 Å². The number of aryl methyl sites for hydroxylation is 3. The van der Waals surface area contributed by atoms with E-state index in [9.17, 15) is 9.18 Å². The molecule has 0 aliphatic heterocycles. The van der Waals surface area contributed by atoms with Crippen molar-refractivity contribution in [3.63, 3.8) is 0 Å². The Morgan fingerprint density at radius 2 is 1.88 bits per heavy atom. The van der Waals surface area contributed by atoms with Crippen molar-refractivity contribution in [2.45, 2.75) is 52.6 Å². The summed E-state index contributed by atoms with van der Waals surface area (Å²) in [6.45, 7) is 5.94. The van der Waals surface area contributed by atoms with Crippen LogP contribution in [0.1, 0.15) is 63.4 Å². The Bertz CT molecular complexity index is 1900. The zero-order chi connectivity index (χ0) is 27.5. The average Bonchev–Trinajstić information content (AvgIpc) is 3.23. The first-order chi connectivity index (χ1) is 19.4. The molecule has 7 rings (SSSR count). The third kappa shape index (κ3) is 4.10. The van der Waals surface area contributed by atoms with Crippen LogP contribution in [0.25, 0.3) is 16.9 Å². The van der Waals surface area contributed by atoms with Crippen LogP contribution in [-0.4, -0.2) is 54.4 Å². The van der Waals surface area contributed by atoms with Crippen LogP contribution < -0.4 is 5.32 Å². The quantitative estimate of drug-likeness (QED) is 0.331. The minimum Gasteiger partial charge on any atom is -0.345 e. The molecule has 1 fully saturated rings. The van der Waals surface area contributed by atoms with Gasteiger partial charge in [-0.2, -0.15) is 0 Å². The van der Waals surface area contributed by atoms with Gasteiger partial charge in [0.05, 0.1) is 42.7 Å². The molecule has 0 bridgehead atoms. The molecule has 0 atom stereocenters. The second-order valence-corrected chi connectivity index (χ2v) is 10.3. The van der Waals surface area contributed by atoms with Crippen LogP contribution in [0.15, 0.2) is 43.2 Å². The Morgan fingerprint density at radius 1 is 1.07 bits per heavy atom. The SMILES string of the molecule is Cc1ccn2cnc(CNC(=O)c3cn(Cc4cn5cc(C6CC6)cc(-n6c(C)nnc6C)c5n4)nn3)c2c1F. The van der Waals surface area contributed by atoms with Crippen molar-refractivity contribution in [2.24, 2.45) is 0 Å². The number of hydrogen-bond donors (Lipinski definition) is 1. The molecule has 1 saturated carbocycles. The third-order valence-corrected chi connectivity index (χ3v) is 7.30. The summed E-state index contributed by atoms with van der Waals surface area (Å²) in [4.78, 5) is 21.9. The highest BCUT2D eigenvalue weighted by molar-refractivity contribution is 5.91. The van der Waals surface area contributed by atoms with Crippen molar-refractivity contribution in [2.75, 3.05) is 0 Å². The fourth-order valence-electron chi connectivity index (χ4n) is 5.08. The van der Waals surface area contributed by atoms with Crippen molar-refractivity contribution >= 4 is 17.1 Å². The highest BCUT2D eigenvalue weighted by Gasteiger charge is 2.26. The molecular formula is C27H26FN11O. The van der Waals surface area contributed by atoms with Gasteiger partial charge < -0.3 is 14.1 Å². The number of fused-ring (bicyclic) bond motifs is 2. The van der Waals surface area contributed by atoms with E-state index < -0.39 is 5.91 Å². The molecule has 1 N–H and O–H groups in total. The van der Waals surface area contributed by atoms with Gasteiger partial charge >= 0.3 is 0 Å². The monoisotopic (exact) mass is 539 g/mol. The van der Waals surface area contributed by atoms with Gasteiger partial charge in [0.25, 0.3) is 5.91 Å². The maximum Gasteiger partial charge on any atom is 0.273 e. The van der Waals surface area contributed by atoms with Gasteiger partial charge in [-0.1, -0.05) is 5.21 Å². The fourth-order valence-corrected chi connectivity index (χ4v) is 5.08. The number of pyridine rings is 2. The molecule has 0 radical (unpaired) electrons. The topological polar surface area (TPSA) is 125 Å². The van der Waals surface area contributed by atoms with Crippen LogP contribution in [0.3, 0.4) is 0 Å². The van der Waals surface area contributed by atoms with Gasteiger partial charge in [0, 0.05) is 18.6 Å². The Hall–Kier alpha value is -4.94. The number of halogens is 1. The first-order valence-corrected chi connectivity index (χ1v) is 13.0. The lowest BCUT2D eigenvalue weighted by Gasteiger charge is -2.10. The largest absolute Gasteiger partial charge is 0.345 e. The molecule has 0 unspecified atom stereocenters. The number of rotatable bonds is 7. The predicted molar refractivity (Wildman–Crippen MR) is 142 cm³/mol. The van der Waals surface area contributed by atoms with E-state index in [4.69, 9.17) is 4.98 Å². The van der Waals surface area contributed by atoms with Crippen LogP contribution >= 0.6 is 0 Å². The van der Waals surface area contributed by atoms with Gasteiger partial charge in [-0.25, -0.2) is 19.0 Å². The second kappa shape index (κ2) is 9.07. The Balaban J connectivity index is 1.12. The number of nitrogens with zero attached hydrogens (tertiary/aromatic N) is 10. The summed E-state index contributed by atoms with van der Waals surface area (Å²) in [5.74, 6) is 1.37. The third-order valence-electron chi connectivity index (χ3n) is 7.30.